The number of nitrogens with one attached hydrogen (secondary N) is 1. The average Bonchev–Trinajstić information content (AvgIpc) is 2.35. The lowest BCUT2D eigenvalue weighted by molar-refractivity contribution is -0.111. The fourth-order valence-corrected chi connectivity index (χ4v) is 2.57. The van der Waals surface area contributed by atoms with Gasteiger partial charge < -0.3 is 14.8 Å². The second kappa shape index (κ2) is 7.25. The van der Waals surface area contributed by atoms with Gasteiger partial charge in [0, 0.05) is 39.2 Å². The molecular formula is C13H27NO2. The molecular weight excluding hydrogens is 202 g/mol. The van der Waals surface area contributed by atoms with Gasteiger partial charge in [0.1, 0.15) is 0 Å². The molecule has 1 saturated heterocycles. The van der Waals surface area contributed by atoms with E-state index >= 15 is 0 Å². The van der Waals surface area contributed by atoms with E-state index < -0.39 is 0 Å². The first-order valence-corrected chi connectivity index (χ1v) is 6.65. The first-order chi connectivity index (χ1) is 7.79. The number of ether oxygens (including phenoxy) is 2. The predicted octanol–water partition coefficient (Wildman–Crippen LogP) is 2.35. The third-order valence-electron chi connectivity index (χ3n) is 3.60. The van der Waals surface area contributed by atoms with E-state index in [0.717, 1.165) is 32.6 Å². The maximum absolute atomic E-state index is 5.85. The molecule has 0 saturated carbocycles. The summed E-state index contributed by atoms with van der Waals surface area (Å²) in [6, 6.07) is 0.478. The van der Waals surface area contributed by atoms with Gasteiger partial charge >= 0.3 is 0 Å². The second-order valence-corrected chi connectivity index (χ2v) is 4.68. The summed E-state index contributed by atoms with van der Waals surface area (Å²) in [6.07, 6.45) is 5.60. The van der Waals surface area contributed by atoms with Crippen molar-refractivity contribution in [2.75, 3.05) is 26.9 Å². The highest BCUT2D eigenvalue weighted by Gasteiger charge is 2.39. The van der Waals surface area contributed by atoms with Crippen LogP contribution in [0.1, 0.15) is 46.0 Å². The maximum Gasteiger partial charge on any atom is 0.0874 e. The van der Waals surface area contributed by atoms with E-state index in [4.69, 9.17) is 9.47 Å². The van der Waals surface area contributed by atoms with Gasteiger partial charge in [-0.1, -0.05) is 20.3 Å². The molecule has 1 aliphatic heterocycles. The molecule has 1 heterocycles. The summed E-state index contributed by atoms with van der Waals surface area (Å²) in [4.78, 5) is 0. The number of methoxy groups -OCH3 is 1. The van der Waals surface area contributed by atoms with Gasteiger partial charge in [0.15, 0.2) is 0 Å². The lowest BCUT2D eigenvalue weighted by atomic mass is 9.83. The molecule has 0 aromatic heterocycles. The van der Waals surface area contributed by atoms with Crippen molar-refractivity contribution in [2.24, 2.45) is 0 Å². The SMILES string of the molecule is CCCNC(CCC)C1(OC)CCOCC1. The summed E-state index contributed by atoms with van der Waals surface area (Å²) in [5.74, 6) is 0. The van der Waals surface area contributed by atoms with Gasteiger partial charge in [-0.2, -0.15) is 0 Å². The fraction of sp³-hybridized carbons (Fsp3) is 1.00. The Balaban J connectivity index is 2.62. The molecule has 0 amide bonds. The Morgan fingerprint density at radius 2 is 1.94 bits per heavy atom. The highest BCUT2D eigenvalue weighted by atomic mass is 16.5. The van der Waals surface area contributed by atoms with E-state index in [1.165, 1.54) is 19.3 Å². The van der Waals surface area contributed by atoms with Gasteiger partial charge in [-0.05, 0) is 19.4 Å². The molecule has 0 radical (unpaired) electrons. The van der Waals surface area contributed by atoms with Crippen LogP contribution < -0.4 is 5.32 Å². The fourth-order valence-electron chi connectivity index (χ4n) is 2.57. The Kier molecular flexibility index (Phi) is 6.32. The van der Waals surface area contributed by atoms with Crippen LogP contribution in [0.15, 0.2) is 0 Å². The Morgan fingerprint density at radius 3 is 2.44 bits per heavy atom. The number of rotatable bonds is 7. The lowest BCUT2D eigenvalue weighted by Crippen LogP contribution is -2.55. The van der Waals surface area contributed by atoms with Gasteiger partial charge in [-0.25, -0.2) is 0 Å². The number of hydrogen-bond donors (Lipinski definition) is 1. The van der Waals surface area contributed by atoms with E-state index in [-0.39, 0.29) is 5.60 Å². The molecule has 3 nitrogen and oxygen atoms in total. The van der Waals surface area contributed by atoms with Crippen LogP contribution >= 0.6 is 0 Å². The normalized spacial score (nSPS) is 21.9. The van der Waals surface area contributed by atoms with Crippen LogP contribution in [0.3, 0.4) is 0 Å². The topological polar surface area (TPSA) is 30.5 Å². The molecule has 1 atom stereocenters. The van der Waals surface area contributed by atoms with Crippen LogP contribution in [0.2, 0.25) is 0 Å². The van der Waals surface area contributed by atoms with Crippen LogP contribution in [0.5, 0.6) is 0 Å². The number of hydrogen-bond acceptors (Lipinski definition) is 3. The Labute approximate surface area is 99.9 Å². The van der Waals surface area contributed by atoms with Crippen molar-refractivity contribution >= 4 is 0 Å². The van der Waals surface area contributed by atoms with Crippen LogP contribution in [0.4, 0.5) is 0 Å². The molecule has 1 unspecified atom stereocenters. The van der Waals surface area contributed by atoms with Crippen LogP contribution in [0.25, 0.3) is 0 Å². The van der Waals surface area contributed by atoms with Crippen molar-refractivity contribution in [2.45, 2.75) is 57.6 Å². The molecule has 1 rings (SSSR count). The molecule has 0 aromatic rings. The first-order valence-electron chi connectivity index (χ1n) is 6.65. The Hall–Kier alpha value is -0.120. The van der Waals surface area contributed by atoms with Crippen molar-refractivity contribution in [3.8, 4) is 0 Å². The first kappa shape index (κ1) is 13.9. The molecule has 0 aromatic carbocycles. The smallest absolute Gasteiger partial charge is 0.0874 e. The zero-order valence-corrected chi connectivity index (χ0v) is 11.1. The van der Waals surface area contributed by atoms with Crippen molar-refractivity contribution in [1.29, 1.82) is 0 Å². The van der Waals surface area contributed by atoms with Crippen LogP contribution in [0, 0.1) is 0 Å². The molecule has 1 aliphatic rings. The van der Waals surface area contributed by atoms with E-state index in [1.807, 2.05) is 7.11 Å². The molecule has 0 spiro atoms. The van der Waals surface area contributed by atoms with Crippen LogP contribution in [-0.4, -0.2) is 38.5 Å². The molecule has 3 heteroatoms. The van der Waals surface area contributed by atoms with E-state index in [1.54, 1.807) is 0 Å². The molecule has 16 heavy (non-hydrogen) atoms. The summed E-state index contributed by atoms with van der Waals surface area (Å²) in [6.45, 7) is 7.20. The summed E-state index contributed by atoms with van der Waals surface area (Å²) < 4.78 is 11.3. The zero-order valence-electron chi connectivity index (χ0n) is 11.1. The monoisotopic (exact) mass is 229 g/mol. The lowest BCUT2D eigenvalue weighted by Gasteiger charge is -2.42. The minimum Gasteiger partial charge on any atom is -0.381 e. The average molecular weight is 229 g/mol. The summed E-state index contributed by atoms with van der Waals surface area (Å²) in [7, 11) is 1.85. The van der Waals surface area contributed by atoms with Gasteiger partial charge in [-0.15, -0.1) is 0 Å². The van der Waals surface area contributed by atoms with Crippen molar-refractivity contribution < 1.29 is 9.47 Å². The Bertz CT molecular complexity index is 179. The zero-order chi connectivity index (χ0) is 11.9. The van der Waals surface area contributed by atoms with Crippen molar-refractivity contribution in [1.82, 2.24) is 5.32 Å². The quantitative estimate of drug-likeness (QED) is 0.727. The summed E-state index contributed by atoms with van der Waals surface area (Å²) in [5, 5.41) is 3.65. The molecule has 96 valence electrons. The summed E-state index contributed by atoms with van der Waals surface area (Å²) in [5.41, 5.74) is 0.00340. The van der Waals surface area contributed by atoms with Crippen molar-refractivity contribution in [3.05, 3.63) is 0 Å². The van der Waals surface area contributed by atoms with Crippen molar-refractivity contribution in [3.63, 3.8) is 0 Å². The largest absolute Gasteiger partial charge is 0.381 e. The van der Waals surface area contributed by atoms with E-state index in [9.17, 15) is 0 Å². The third kappa shape index (κ3) is 3.44. The predicted molar refractivity (Wildman–Crippen MR) is 66.8 cm³/mol. The van der Waals surface area contributed by atoms with Gasteiger partial charge in [-0.3, -0.25) is 0 Å². The minimum atomic E-state index is 0.00340. The third-order valence-corrected chi connectivity index (χ3v) is 3.60. The minimum absolute atomic E-state index is 0.00340. The van der Waals surface area contributed by atoms with Gasteiger partial charge in [0.25, 0.3) is 0 Å². The van der Waals surface area contributed by atoms with E-state index in [0.29, 0.717) is 6.04 Å². The highest BCUT2D eigenvalue weighted by Crippen LogP contribution is 2.30. The van der Waals surface area contributed by atoms with E-state index in [2.05, 4.69) is 19.2 Å². The second-order valence-electron chi connectivity index (χ2n) is 4.68. The summed E-state index contributed by atoms with van der Waals surface area (Å²) >= 11 is 0. The van der Waals surface area contributed by atoms with Gasteiger partial charge in [0.05, 0.1) is 5.60 Å². The standard InChI is InChI=1S/C13H27NO2/c1-4-6-12(14-9-5-2)13(15-3)7-10-16-11-8-13/h12,14H,4-11H2,1-3H3. The highest BCUT2D eigenvalue weighted by molar-refractivity contribution is 4.94. The molecule has 1 fully saturated rings. The molecule has 0 bridgehead atoms. The Morgan fingerprint density at radius 1 is 1.25 bits per heavy atom. The maximum atomic E-state index is 5.85. The molecule has 0 aliphatic carbocycles. The molecule has 1 N–H and O–H groups in total. The van der Waals surface area contributed by atoms with Gasteiger partial charge in [0.2, 0.25) is 0 Å². The van der Waals surface area contributed by atoms with Crippen LogP contribution in [-0.2, 0) is 9.47 Å².